The summed E-state index contributed by atoms with van der Waals surface area (Å²) in [6.45, 7) is 19.7. The Labute approximate surface area is 860 Å². The Bertz CT molecular complexity index is 7230. The second kappa shape index (κ2) is 48.4. The number of carbonyl (C=O) groups excluding carboxylic acids is 1. The number of aromatic nitrogens is 4. The van der Waals surface area contributed by atoms with Crippen molar-refractivity contribution in [1.82, 2.24) is 19.6 Å². The molecule has 0 bridgehead atoms. The number of furan rings is 5. The Morgan fingerprint density at radius 1 is 0.401 bits per heavy atom. The predicted molar refractivity (Wildman–Crippen MR) is 561 cm³/mol. The van der Waals surface area contributed by atoms with E-state index < -0.39 is 29.8 Å². The highest BCUT2D eigenvalue weighted by Gasteiger charge is 2.35. The number of para-hydroxylation sites is 5. The fraction of sp³-hybridized carbons (Fsp3) is 0.229. The summed E-state index contributed by atoms with van der Waals surface area (Å²) in [4.78, 5) is 92.3. The lowest BCUT2D eigenvalue weighted by molar-refractivity contribution is -0.116. The van der Waals surface area contributed by atoms with Gasteiger partial charge in [0.25, 0.3) is 17.0 Å². The number of hydrazone groups is 1. The number of carboxylic acid groups (broad SMARTS) is 5. The van der Waals surface area contributed by atoms with E-state index in [0.717, 1.165) is 54.9 Å². The molecular weight excluding hydrogens is 2030 g/mol. The molecule has 42 heteroatoms. The third kappa shape index (κ3) is 26.0. The number of carbonyl (C=O) groups is 6. The molecule has 15 aromatic rings. The van der Waals surface area contributed by atoms with Gasteiger partial charge in [0.15, 0.2) is 28.6 Å². The largest absolute Gasteiger partial charge is 0.505 e. The molecule has 19 rings (SSSR count). The van der Waals surface area contributed by atoms with Crippen molar-refractivity contribution in [3.63, 3.8) is 0 Å². The van der Waals surface area contributed by atoms with Crippen molar-refractivity contribution in [2.45, 2.75) is 124 Å². The molecule has 8 aromatic carbocycles. The number of ether oxygens (including phenoxy) is 1. The number of carboxylic acids is 5. The minimum atomic E-state index is -1.21. The summed E-state index contributed by atoms with van der Waals surface area (Å²) in [5, 5.41) is 129. The van der Waals surface area contributed by atoms with Gasteiger partial charge in [0, 0.05) is 18.8 Å². The topological polar surface area (TPSA) is 671 Å². The number of phenolic OH excluding ortho intramolecular Hbond substituents is 4. The van der Waals surface area contributed by atoms with E-state index >= 15 is 0 Å². The Morgan fingerprint density at radius 3 is 0.980 bits per heavy atom. The molecular formula is C105H111Br2N15O25. The number of azo groups is 2. The Morgan fingerprint density at radius 2 is 0.687 bits per heavy atom. The Hall–Kier alpha value is -16.9. The lowest BCUT2D eigenvalue weighted by atomic mass is 9.86. The number of benzene rings is 8. The third-order valence-electron chi connectivity index (χ3n) is 23.9. The molecule has 3 aliphatic carbocycles. The number of aromatic hydroxyl groups is 4. The maximum Gasteiger partial charge on any atom is 0.371 e. The quantitative estimate of drug-likeness (QED) is 0.0191. The highest BCUT2D eigenvalue weighted by Crippen LogP contribution is 2.47. The van der Waals surface area contributed by atoms with Crippen LogP contribution in [0.25, 0.3) is 68.0 Å². The van der Waals surface area contributed by atoms with Crippen molar-refractivity contribution in [1.29, 1.82) is 0 Å². The van der Waals surface area contributed by atoms with Gasteiger partial charge in [-0.1, -0.05) is 90.1 Å². The van der Waals surface area contributed by atoms with Gasteiger partial charge in [0.2, 0.25) is 28.8 Å². The number of hydrogen-bond acceptors (Lipinski definition) is 30. The summed E-state index contributed by atoms with van der Waals surface area (Å²) in [6.07, 6.45) is 6.96. The van der Waals surface area contributed by atoms with Crippen molar-refractivity contribution in [3.8, 4) is 96.7 Å². The molecule has 1 aliphatic heterocycles. The molecule has 1 amide bonds. The van der Waals surface area contributed by atoms with Crippen LogP contribution in [0.1, 0.15) is 172 Å². The zero-order valence-electron chi connectivity index (χ0n) is 81.3. The second-order valence-electron chi connectivity index (χ2n) is 35.4. The number of nitrogens with two attached hydrogens (primary N) is 5. The van der Waals surface area contributed by atoms with E-state index in [0.29, 0.717) is 64.8 Å². The molecule has 770 valence electrons. The van der Waals surface area contributed by atoms with Crippen LogP contribution < -0.4 is 49.5 Å². The van der Waals surface area contributed by atoms with Gasteiger partial charge in [-0.25, -0.2) is 38.3 Å². The van der Waals surface area contributed by atoms with Gasteiger partial charge in [0.1, 0.15) is 51.7 Å². The van der Waals surface area contributed by atoms with Crippen LogP contribution in [0.3, 0.4) is 0 Å². The average Bonchev–Trinajstić information content (AvgIpc) is 1.61. The van der Waals surface area contributed by atoms with Gasteiger partial charge in [-0.15, -0.1) is 54.4 Å². The minimum absolute atomic E-state index is 0. The Kier molecular flexibility index (Phi) is 36.9. The first kappa shape index (κ1) is 112. The van der Waals surface area contributed by atoms with Crippen molar-refractivity contribution < 1.29 is 112 Å². The smallest absolute Gasteiger partial charge is 0.371 e. The number of halogens is 2. The third-order valence-corrected chi connectivity index (χ3v) is 23.9. The first-order valence-corrected chi connectivity index (χ1v) is 45.2. The van der Waals surface area contributed by atoms with Crippen LogP contribution >= 0.6 is 34.0 Å². The summed E-state index contributed by atoms with van der Waals surface area (Å²) < 4.78 is 33.9. The lowest BCUT2D eigenvalue weighted by Gasteiger charge is -2.21. The van der Waals surface area contributed by atoms with Gasteiger partial charge in [-0.3, -0.25) is 24.6 Å². The summed E-state index contributed by atoms with van der Waals surface area (Å²) in [7, 11) is 1.50. The van der Waals surface area contributed by atoms with Crippen LogP contribution in [0.5, 0.6) is 28.7 Å². The zero-order valence-corrected chi connectivity index (χ0v) is 84.8. The number of H-pyrrole nitrogens is 2. The number of aliphatic hydroxyl groups is 2. The van der Waals surface area contributed by atoms with Crippen molar-refractivity contribution >= 4 is 121 Å². The number of nitrogens with zero attached hydrogens (tertiary/aromatic N) is 8. The van der Waals surface area contributed by atoms with Crippen molar-refractivity contribution in [3.05, 3.63) is 301 Å². The molecule has 23 N–H and O–H groups in total. The predicted octanol–water partition coefficient (Wildman–Crippen LogP) is 19.7. The van der Waals surface area contributed by atoms with Crippen LogP contribution in [0.4, 0.5) is 45.5 Å². The fourth-order valence-electron chi connectivity index (χ4n) is 16.1. The first-order chi connectivity index (χ1) is 68.9. The highest BCUT2D eigenvalue weighted by atomic mass is 79.9. The molecule has 0 spiro atoms. The van der Waals surface area contributed by atoms with Crippen molar-refractivity contribution in [2.24, 2.45) is 37.0 Å². The summed E-state index contributed by atoms with van der Waals surface area (Å²) in [5.74, 6) is -5.70. The first-order valence-electron chi connectivity index (χ1n) is 45.2. The number of hydrogen-bond donors (Lipinski definition) is 18. The number of phenols is 4. The number of aromatic carboxylic acids is 5. The number of aromatic amines is 2. The monoisotopic (exact) mass is 2140 g/mol. The number of anilines is 4. The number of fused-ring (bicyclic) bond motifs is 3. The lowest BCUT2D eigenvalue weighted by Crippen LogP contribution is -2.20. The summed E-state index contributed by atoms with van der Waals surface area (Å²) in [5.41, 5.74) is 41.4. The van der Waals surface area contributed by atoms with Crippen molar-refractivity contribution in [2.75, 3.05) is 55.6 Å². The number of nitrogen functional groups attached to an aromatic ring is 3. The maximum atomic E-state index is 13.2. The highest BCUT2D eigenvalue weighted by molar-refractivity contribution is 8.93. The molecule has 8 heterocycles. The van der Waals surface area contributed by atoms with E-state index in [-0.39, 0.29) is 201 Å². The van der Waals surface area contributed by atoms with Gasteiger partial charge in [-0.2, -0.15) is 5.10 Å². The molecule has 0 radical (unpaired) electrons. The second-order valence-corrected chi connectivity index (χ2v) is 35.4. The van der Waals surface area contributed by atoms with Crippen LogP contribution in [-0.2, 0) is 40.3 Å². The van der Waals surface area contributed by atoms with Gasteiger partial charge in [-0.05, 0) is 267 Å². The van der Waals surface area contributed by atoms with Gasteiger partial charge in [0.05, 0.1) is 100 Å². The Balaban J connectivity index is 0.000000183. The molecule has 0 saturated carbocycles. The van der Waals surface area contributed by atoms with Gasteiger partial charge >= 0.3 is 29.8 Å². The number of aliphatic hydroxyl groups excluding tert-OH is 2. The molecule has 4 aliphatic rings. The molecule has 7 aromatic heterocycles. The SMILES string of the molecule is Br.Br.CC1=NN(c2ccc3c(c2)C(C)(C)CC3)C(=O)C1.COc1c(N)cccc1-c1ccc(C(=O)O)o1.Cc1[nH]n(-c2ccc3c(c2)C(C)(C)CC3)c(=O)c1N=Nc1cccc(-c2ccc(C(=O)O)o2)c1O.Cc1[nH]n(-c2ccc3c(c2)C(C)(C)CC3)c(=O)c1N=Nc1cccc(-c2ccc(C(=O)O)o2)c1O.NCCO.NCCO.Nc1cccc(-c2ccc(C(=O)O)o2)c1O.Nc1cccc(-c2ccc(C(=O)O)o2)c1O. The summed E-state index contributed by atoms with van der Waals surface area (Å²) in [6, 6.07) is 56.6. The van der Waals surface area contributed by atoms with E-state index in [4.69, 9.17) is 91.2 Å². The molecule has 0 unspecified atom stereocenters. The summed E-state index contributed by atoms with van der Waals surface area (Å²) >= 11 is 0. The van der Waals surface area contributed by atoms with Crippen LogP contribution in [0.15, 0.2) is 263 Å². The van der Waals surface area contributed by atoms with E-state index in [9.17, 15) is 58.8 Å². The van der Waals surface area contributed by atoms with E-state index in [1.807, 2.05) is 37.3 Å². The number of methoxy groups -OCH3 is 1. The van der Waals surface area contributed by atoms with E-state index in [1.54, 1.807) is 104 Å². The maximum absolute atomic E-state index is 13.2. The molecule has 40 nitrogen and oxygen atoms in total. The van der Waals surface area contributed by atoms with Crippen LogP contribution in [-0.4, -0.2) is 151 Å². The van der Waals surface area contributed by atoms with Gasteiger partial charge < -0.3 is 112 Å². The standard InChI is InChI=1S/2C26H24N4O5.C15H18N2O.C12H11NO4.2C11H9NO4.2C2H7NO.2BrH/c2*1-14-22(24(32)30(29-14)16-8-7-15-11-12-26(2,3)18(15)13-16)28-27-19-6-4-5-17(23(19)31)20-9-10-21(35-20)25(33)34;1-10-8-14(18)17(16-10)12-5-4-11-6-7-15(2,3)13(11)9-12;1-16-11-7(3-2-4-8(11)13)9-5-6-10(17-9)12(14)15;2*12-7-3-1-2-6(10(7)13)8-4-5-9(16-8)11(14)15;2*3-1-2-4;;/h2*4-10,13,29,31H,11-12H2,1-3H3,(H,33,34);4-5,9H,6-8H2,1-3H3;2-6H,13H2,1H3,(H,14,15);2*1-5,13H,12H2,(H,14,15);2*4H,1-3H2;2*1H. The number of aryl methyl sites for hydroxylation is 5. The van der Waals surface area contributed by atoms with Crippen LogP contribution in [0, 0.1) is 13.8 Å². The molecule has 0 saturated heterocycles. The fourth-order valence-corrected chi connectivity index (χ4v) is 16.1. The average molecular weight is 2140 g/mol. The normalized spacial score (nSPS) is 13.3. The minimum Gasteiger partial charge on any atom is -0.505 e. The van der Waals surface area contributed by atoms with E-state index in [1.165, 1.54) is 123 Å². The number of nitrogens with one attached hydrogen (secondary N) is 2. The molecule has 0 fully saturated rings. The zero-order chi connectivity index (χ0) is 105. The van der Waals surface area contributed by atoms with E-state index in [2.05, 4.69) is 102 Å². The number of rotatable bonds is 20. The number of amides is 1. The van der Waals surface area contributed by atoms with Crippen LogP contribution in [0.2, 0.25) is 0 Å². The molecule has 0 atom stereocenters. The molecule has 147 heavy (non-hydrogen) atoms.